The summed E-state index contributed by atoms with van der Waals surface area (Å²) in [5.41, 5.74) is 0. The van der Waals surface area contributed by atoms with Crippen molar-refractivity contribution in [1.29, 1.82) is 0 Å². The minimum absolute atomic E-state index is 0.00815. The SMILES string of the molecule is CCC/C=C/CC/C=C/CC/C=C/C(O)C(COP(=O)([O-])OCC[N+](C)(C)C)NC(=O)CCCCCCCCCCCCCCCCCCCCCCC. The number of nitrogens with one attached hydrogen (secondary N) is 1. The highest BCUT2D eigenvalue weighted by Crippen LogP contribution is 2.38. The first-order chi connectivity index (χ1) is 26.0. The van der Waals surface area contributed by atoms with Gasteiger partial charge in [-0.05, 0) is 38.5 Å². The molecule has 3 atom stereocenters. The number of quaternary nitrogens is 1. The fourth-order valence-electron chi connectivity index (χ4n) is 6.25. The Hall–Kier alpha value is -1.28. The van der Waals surface area contributed by atoms with Crippen LogP contribution in [0.3, 0.4) is 0 Å². The number of rotatable bonds is 40. The second kappa shape index (κ2) is 37.3. The number of carbonyl (C=O) groups excluding carboxylic acids is 1. The van der Waals surface area contributed by atoms with Crippen LogP contribution in [0.25, 0.3) is 0 Å². The van der Waals surface area contributed by atoms with E-state index in [0.717, 1.165) is 51.4 Å². The van der Waals surface area contributed by atoms with Crippen molar-refractivity contribution in [1.82, 2.24) is 5.32 Å². The average Bonchev–Trinajstić information content (AvgIpc) is 3.12. The van der Waals surface area contributed by atoms with Gasteiger partial charge in [0.1, 0.15) is 13.2 Å². The van der Waals surface area contributed by atoms with Gasteiger partial charge in [-0.3, -0.25) is 9.36 Å². The number of likely N-dealkylation sites (N-methyl/N-ethyl adjacent to an activating group) is 1. The second-order valence-electron chi connectivity index (χ2n) is 16.4. The van der Waals surface area contributed by atoms with Gasteiger partial charge in [0.15, 0.2) is 0 Å². The number of allylic oxidation sites excluding steroid dienone is 5. The van der Waals surface area contributed by atoms with E-state index in [2.05, 4.69) is 43.5 Å². The number of phosphoric ester groups is 1. The van der Waals surface area contributed by atoms with Crippen LogP contribution in [-0.2, 0) is 18.4 Å². The average molecular weight is 783 g/mol. The van der Waals surface area contributed by atoms with Gasteiger partial charge in [0.25, 0.3) is 7.82 Å². The third-order valence-corrected chi connectivity index (χ3v) is 10.8. The molecule has 0 fully saturated rings. The van der Waals surface area contributed by atoms with Crippen LogP contribution in [0.1, 0.15) is 194 Å². The van der Waals surface area contributed by atoms with Gasteiger partial charge in [0.2, 0.25) is 5.91 Å². The summed E-state index contributed by atoms with van der Waals surface area (Å²) in [4.78, 5) is 25.2. The van der Waals surface area contributed by atoms with Gasteiger partial charge in [-0.2, -0.15) is 0 Å². The van der Waals surface area contributed by atoms with E-state index in [1.165, 1.54) is 122 Å². The minimum Gasteiger partial charge on any atom is -0.756 e. The van der Waals surface area contributed by atoms with Gasteiger partial charge in [0, 0.05) is 6.42 Å². The molecule has 1 amide bonds. The van der Waals surface area contributed by atoms with Gasteiger partial charge in [0.05, 0.1) is 39.9 Å². The summed E-state index contributed by atoms with van der Waals surface area (Å²) >= 11 is 0. The molecule has 2 N–H and O–H groups in total. The Morgan fingerprint density at radius 1 is 0.630 bits per heavy atom. The van der Waals surface area contributed by atoms with Gasteiger partial charge in [-0.25, -0.2) is 0 Å². The Morgan fingerprint density at radius 2 is 1.04 bits per heavy atom. The zero-order chi connectivity index (χ0) is 40.0. The summed E-state index contributed by atoms with van der Waals surface area (Å²) < 4.78 is 23.1. The van der Waals surface area contributed by atoms with E-state index in [-0.39, 0.29) is 12.5 Å². The topological polar surface area (TPSA) is 108 Å². The number of hydrogen-bond acceptors (Lipinski definition) is 6. The number of aliphatic hydroxyl groups is 1. The maximum absolute atomic E-state index is 12.8. The Labute approximate surface area is 334 Å². The number of amides is 1. The highest BCUT2D eigenvalue weighted by Gasteiger charge is 2.23. The Balaban J connectivity index is 4.30. The Morgan fingerprint density at radius 3 is 1.46 bits per heavy atom. The van der Waals surface area contributed by atoms with Crippen LogP contribution < -0.4 is 10.2 Å². The van der Waals surface area contributed by atoms with E-state index in [1.54, 1.807) is 6.08 Å². The summed E-state index contributed by atoms with van der Waals surface area (Å²) in [5.74, 6) is -0.212. The molecule has 9 heteroatoms. The first kappa shape index (κ1) is 52.7. The molecule has 0 heterocycles. The molecule has 8 nitrogen and oxygen atoms in total. The molecular weight excluding hydrogens is 695 g/mol. The molecule has 0 saturated heterocycles. The molecule has 0 rings (SSSR count). The molecule has 0 aliphatic heterocycles. The smallest absolute Gasteiger partial charge is 0.268 e. The van der Waals surface area contributed by atoms with E-state index in [0.29, 0.717) is 17.4 Å². The minimum atomic E-state index is -4.59. The lowest BCUT2D eigenvalue weighted by atomic mass is 10.0. The lowest BCUT2D eigenvalue weighted by Crippen LogP contribution is -2.45. The molecule has 0 aliphatic carbocycles. The van der Waals surface area contributed by atoms with Crippen LogP contribution >= 0.6 is 7.82 Å². The molecule has 54 heavy (non-hydrogen) atoms. The van der Waals surface area contributed by atoms with E-state index in [9.17, 15) is 19.4 Å². The maximum atomic E-state index is 12.8. The molecule has 0 saturated carbocycles. The largest absolute Gasteiger partial charge is 0.756 e. The van der Waals surface area contributed by atoms with Gasteiger partial charge < -0.3 is 28.8 Å². The van der Waals surface area contributed by atoms with Crippen LogP contribution in [0.2, 0.25) is 0 Å². The number of phosphoric acid groups is 1. The number of unbranched alkanes of at least 4 members (excludes halogenated alkanes) is 23. The highest BCUT2D eigenvalue weighted by atomic mass is 31.2. The molecule has 0 spiro atoms. The highest BCUT2D eigenvalue weighted by molar-refractivity contribution is 7.45. The fraction of sp³-hybridized carbons (Fsp3) is 0.844. The summed E-state index contributed by atoms with van der Waals surface area (Å²) in [6, 6.07) is -0.904. The summed E-state index contributed by atoms with van der Waals surface area (Å²) in [6.45, 7) is 4.54. The molecule has 318 valence electrons. The molecule has 0 bridgehead atoms. The first-order valence-electron chi connectivity index (χ1n) is 22.4. The quantitative estimate of drug-likeness (QED) is 0.0277. The van der Waals surface area contributed by atoms with Crippen LogP contribution in [-0.4, -0.2) is 68.5 Å². The van der Waals surface area contributed by atoms with Gasteiger partial charge in [-0.15, -0.1) is 0 Å². The summed E-state index contributed by atoms with van der Waals surface area (Å²) in [6.07, 6.45) is 44.9. The summed E-state index contributed by atoms with van der Waals surface area (Å²) in [7, 11) is 1.24. The first-order valence-corrected chi connectivity index (χ1v) is 23.8. The molecule has 3 unspecified atom stereocenters. The zero-order valence-corrected chi connectivity index (χ0v) is 36.8. The second-order valence-corrected chi connectivity index (χ2v) is 17.8. The van der Waals surface area contributed by atoms with Crippen molar-refractivity contribution in [2.24, 2.45) is 0 Å². The van der Waals surface area contributed by atoms with Crippen molar-refractivity contribution < 1.29 is 32.9 Å². The third-order valence-electron chi connectivity index (χ3n) is 9.81. The molecule has 0 radical (unpaired) electrons. The zero-order valence-electron chi connectivity index (χ0n) is 35.9. The predicted octanol–water partition coefficient (Wildman–Crippen LogP) is 11.7. The number of nitrogens with zero attached hydrogens (tertiary/aromatic N) is 1. The lowest BCUT2D eigenvalue weighted by molar-refractivity contribution is -0.870. The van der Waals surface area contributed by atoms with Crippen LogP contribution in [0, 0.1) is 0 Å². The fourth-order valence-corrected chi connectivity index (χ4v) is 6.97. The molecule has 0 aromatic rings. The molecule has 0 aromatic heterocycles. The van der Waals surface area contributed by atoms with Gasteiger partial charge >= 0.3 is 0 Å². The Kier molecular flexibility index (Phi) is 36.4. The predicted molar refractivity (Wildman–Crippen MR) is 228 cm³/mol. The number of aliphatic hydroxyl groups excluding tert-OH is 1. The van der Waals surface area contributed by atoms with Gasteiger partial charge in [-0.1, -0.05) is 185 Å². The Bertz CT molecular complexity index is 980. The molecular formula is C45H87N2O6P. The number of carbonyl (C=O) groups is 1. The van der Waals surface area contributed by atoms with Crippen molar-refractivity contribution in [3.05, 3.63) is 36.5 Å². The standard InChI is InChI=1S/C45H87N2O6P/c1-6-8-10-12-14-16-18-19-20-21-22-23-24-25-26-27-29-31-33-35-37-39-45(49)46-43(42-53-54(50,51)52-41-40-47(3,4)5)44(48)38-36-34-32-30-28-17-15-13-11-9-7-2/h11,13,28,30,36,38,43-44,48H,6-10,12,14-27,29,31-35,37,39-42H2,1-5H3,(H-,46,49,50,51)/b13-11+,30-28+,38-36+. The van der Waals surface area contributed by atoms with Crippen molar-refractivity contribution in [2.75, 3.05) is 40.9 Å². The third kappa shape index (κ3) is 39.0. The van der Waals surface area contributed by atoms with Crippen molar-refractivity contribution in [3.63, 3.8) is 0 Å². The lowest BCUT2D eigenvalue weighted by Gasteiger charge is -2.29. The summed E-state index contributed by atoms with van der Waals surface area (Å²) in [5, 5.41) is 13.7. The maximum Gasteiger partial charge on any atom is 0.268 e. The van der Waals surface area contributed by atoms with E-state index in [4.69, 9.17) is 9.05 Å². The van der Waals surface area contributed by atoms with Crippen LogP contribution in [0.15, 0.2) is 36.5 Å². The number of hydrogen-bond donors (Lipinski definition) is 2. The van der Waals surface area contributed by atoms with Crippen molar-refractivity contribution >= 4 is 13.7 Å². The van der Waals surface area contributed by atoms with Crippen LogP contribution in [0.4, 0.5) is 0 Å². The normalized spacial score (nSPS) is 14.7. The molecule has 0 aromatic carbocycles. The van der Waals surface area contributed by atoms with Crippen molar-refractivity contribution in [3.8, 4) is 0 Å². The van der Waals surface area contributed by atoms with Crippen molar-refractivity contribution in [2.45, 2.75) is 206 Å². The van der Waals surface area contributed by atoms with E-state index in [1.807, 2.05) is 27.2 Å². The van der Waals surface area contributed by atoms with Crippen LogP contribution in [0.5, 0.6) is 0 Å². The monoisotopic (exact) mass is 783 g/mol. The molecule has 0 aliphatic rings. The van der Waals surface area contributed by atoms with E-state index < -0.39 is 26.6 Å². The van der Waals surface area contributed by atoms with E-state index >= 15 is 0 Å².